The molecule has 3 nitrogen and oxygen atoms in total. The molecule has 2 saturated carbocycles. The van der Waals surface area contributed by atoms with Gasteiger partial charge in [-0.05, 0) is 75.3 Å². The minimum atomic E-state index is -0.317. The van der Waals surface area contributed by atoms with Gasteiger partial charge in [0.15, 0.2) is 11.5 Å². The number of allylic oxidation sites excluding steroid dienone is 1. The van der Waals surface area contributed by atoms with Crippen molar-refractivity contribution in [3.8, 4) is 11.5 Å². The van der Waals surface area contributed by atoms with E-state index in [1.54, 1.807) is 13.2 Å². The fourth-order valence-corrected chi connectivity index (χ4v) is 5.22. The predicted molar refractivity (Wildman–Crippen MR) is 99.1 cm³/mol. The zero-order valence-electron chi connectivity index (χ0n) is 15.8. The Morgan fingerprint density at radius 3 is 2.69 bits per heavy atom. The first-order valence-electron chi connectivity index (χ1n) is 10.0. The Bertz CT molecular complexity index is 674. The molecule has 4 heteroatoms. The fraction of sp³-hybridized carbons (Fsp3) is 0.636. The third-order valence-corrected chi connectivity index (χ3v) is 6.52. The molecule has 1 aromatic rings. The van der Waals surface area contributed by atoms with Crippen molar-refractivity contribution in [3.63, 3.8) is 0 Å². The normalized spacial score (nSPS) is 30.2. The summed E-state index contributed by atoms with van der Waals surface area (Å²) in [5.41, 5.74) is 2.48. The largest absolute Gasteiger partial charge is 0.504 e. The van der Waals surface area contributed by atoms with Gasteiger partial charge in [0.1, 0.15) is 6.10 Å². The van der Waals surface area contributed by atoms with E-state index in [-0.39, 0.29) is 11.9 Å². The van der Waals surface area contributed by atoms with Gasteiger partial charge in [0, 0.05) is 11.5 Å². The SMILES string of the molecule is CCOc1ccc2c(c1F)OC1CC(C3CCC(=COC)CC3)CCC21. The van der Waals surface area contributed by atoms with E-state index >= 15 is 0 Å². The monoisotopic (exact) mass is 360 g/mol. The molecule has 0 saturated heterocycles. The molecule has 142 valence electrons. The predicted octanol–water partition coefficient (Wildman–Crippen LogP) is 5.59. The van der Waals surface area contributed by atoms with E-state index in [1.165, 1.54) is 24.8 Å². The van der Waals surface area contributed by atoms with Gasteiger partial charge in [-0.1, -0.05) is 6.07 Å². The van der Waals surface area contributed by atoms with Gasteiger partial charge in [0.2, 0.25) is 5.82 Å². The Hall–Kier alpha value is -1.71. The molecule has 2 fully saturated rings. The number of methoxy groups -OCH3 is 1. The molecule has 0 spiro atoms. The van der Waals surface area contributed by atoms with Gasteiger partial charge in [-0.3, -0.25) is 0 Å². The second-order valence-corrected chi connectivity index (χ2v) is 7.91. The van der Waals surface area contributed by atoms with E-state index in [2.05, 4.69) is 0 Å². The van der Waals surface area contributed by atoms with E-state index < -0.39 is 0 Å². The molecule has 1 aliphatic heterocycles. The van der Waals surface area contributed by atoms with Crippen LogP contribution in [-0.2, 0) is 4.74 Å². The van der Waals surface area contributed by atoms with E-state index in [0.29, 0.717) is 29.9 Å². The first-order chi connectivity index (χ1) is 12.7. The zero-order valence-corrected chi connectivity index (χ0v) is 15.8. The molecule has 3 atom stereocenters. The number of hydrogen-bond acceptors (Lipinski definition) is 3. The van der Waals surface area contributed by atoms with Crippen LogP contribution in [0.4, 0.5) is 4.39 Å². The van der Waals surface area contributed by atoms with E-state index in [0.717, 1.165) is 37.2 Å². The van der Waals surface area contributed by atoms with Crippen molar-refractivity contribution in [3.05, 3.63) is 35.3 Å². The summed E-state index contributed by atoms with van der Waals surface area (Å²) in [5, 5.41) is 0. The molecule has 1 aromatic carbocycles. The summed E-state index contributed by atoms with van der Waals surface area (Å²) >= 11 is 0. The molecular formula is C22H29FO3. The second kappa shape index (κ2) is 7.50. The first-order valence-corrected chi connectivity index (χ1v) is 10.0. The molecule has 3 aliphatic rings. The quantitative estimate of drug-likeness (QED) is 0.655. The summed E-state index contributed by atoms with van der Waals surface area (Å²) in [5.74, 6) is 2.25. The van der Waals surface area contributed by atoms with E-state index in [1.807, 2.05) is 19.3 Å². The van der Waals surface area contributed by atoms with Crippen LogP contribution in [0.25, 0.3) is 0 Å². The first kappa shape index (κ1) is 17.7. The Labute approximate surface area is 155 Å². The van der Waals surface area contributed by atoms with Crippen LogP contribution in [0.5, 0.6) is 11.5 Å². The third-order valence-electron chi connectivity index (χ3n) is 6.52. The van der Waals surface area contributed by atoms with Crippen molar-refractivity contribution in [1.82, 2.24) is 0 Å². The smallest absolute Gasteiger partial charge is 0.207 e. The van der Waals surface area contributed by atoms with Crippen LogP contribution in [0, 0.1) is 17.7 Å². The highest BCUT2D eigenvalue weighted by Gasteiger charge is 2.43. The van der Waals surface area contributed by atoms with Crippen LogP contribution >= 0.6 is 0 Å². The molecule has 0 amide bonds. The number of rotatable bonds is 4. The van der Waals surface area contributed by atoms with Gasteiger partial charge >= 0.3 is 0 Å². The standard InChI is InChI=1S/C22H29FO3/c1-3-25-19-11-10-18-17-9-8-16(12-20(17)26-22(18)21(19)23)15-6-4-14(5-7-15)13-24-2/h10-11,13,15-17,20H,3-9,12H2,1-2H3. The molecular weight excluding hydrogens is 331 g/mol. The van der Waals surface area contributed by atoms with Crippen molar-refractivity contribution < 1.29 is 18.6 Å². The van der Waals surface area contributed by atoms with Gasteiger partial charge in [-0.25, -0.2) is 0 Å². The molecule has 0 radical (unpaired) electrons. The van der Waals surface area contributed by atoms with Crippen molar-refractivity contribution in [2.45, 2.75) is 63.9 Å². The number of ether oxygens (including phenoxy) is 3. The second-order valence-electron chi connectivity index (χ2n) is 7.91. The van der Waals surface area contributed by atoms with Crippen LogP contribution in [0.15, 0.2) is 24.0 Å². The minimum absolute atomic E-state index is 0.131. The highest BCUT2D eigenvalue weighted by Crippen LogP contribution is 2.52. The van der Waals surface area contributed by atoms with E-state index in [4.69, 9.17) is 14.2 Å². The molecule has 1 heterocycles. The van der Waals surface area contributed by atoms with Gasteiger partial charge < -0.3 is 14.2 Å². The summed E-state index contributed by atoms with van der Waals surface area (Å²) in [4.78, 5) is 0. The lowest BCUT2D eigenvalue weighted by Crippen LogP contribution is -2.32. The Kier molecular flexibility index (Phi) is 5.10. The highest BCUT2D eigenvalue weighted by molar-refractivity contribution is 5.48. The van der Waals surface area contributed by atoms with Crippen molar-refractivity contribution in [2.75, 3.05) is 13.7 Å². The number of fused-ring (bicyclic) bond motifs is 3. The number of halogens is 1. The highest BCUT2D eigenvalue weighted by atomic mass is 19.1. The summed E-state index contributed by atoms with van der Waals surface area (Å²) in [6.07, 6.45) is 10.2. The maximum atomic E-state index is 14.7. The number of benzene rings is 1. The molecule has 0 N–H and O–H groups in total. The van der Waals surface area contributed by atoms with Crippen molar-refractivity contribution in [2.24, 2.45) is 11.8 Å². The lowest BCUT2D eigenvalue weighted by atomic mass is 9.69. The van der Waals surface area contributed by atoms with Crippen LogP contribution in [-0.4, -0.2) is 19.8 Å². The van der Waals surface area contributed by atoms with Crippen molar-refractivity contribution in [1.29, 1.82) is 0 Å². The maximum Gasteiger partial charge on any atom is 0.207 e. The van der Waals surface area contributed by atoms with Crippen LogP contribution in [0.2, 0.25) is 0 Å². The Morgan fingerprint density at radius 1 is 1.15 bits per heavy atom. The minimum Gasteiger partial charge on any atom is -0.504 e. The van der Waals surface area contributed by atoms with Gasteiger partial charge in [-0.2, -0.15) is 4.39 Å². The summed E-state index contributed by atoms with van der Waals surface area (Å²) in [6, 6.07) is 3.77. The Morgan fingerprint density at radius 2 is 1.96 bits per heavy atom. The molecule has 0 aromatic heterocycles. The lowest BCUT2D eigenvalue weighted by molar-refractivity contribution is 0.0912. The summed E-state index contributed by atoms with van der Waals surface area (Å²) in [7, 11) is 1.73. The average molecular weight is 360 g/mol. The van der Waals surface area contributed by atoms with Gasteiger partial charge in [0.25, 0.3) is 0 Å². The third kappa shape index (κ3) is 3.19. The average Bonchev–Trinajstić information content (AvgIpc) is 3.04. The molecule has 26 heavy (non-hydrogen) atoms. The zero-order chi connectivity index (χ0) is 18.1. The van der Waals surface area contributed by atoms with Crippen molar-refractivity contribution >= 4 is 0 Å². The van der Waals surface area contributed by atoms with Gasteiger partial charge in [0.05, 0.1) is 20.0 Å². The molecule has 3 unspecified atom stereocenters. The van der Waals surface area contributed by atoms with Crippen LogP contribution in [0.1, 0.15) is 63.4 Å². The topological polar surface area (TPSA) is 27.7 Å². The molecule has 2 aliphatic carbocycles. The molecule has 0 bridgehead atoms. The summed E-state index contributed by atoms with van der Waals surface area (Å²) < 4.78 is 31.4. The van der Waals surface area contributed by atoms with E-state index in [9.17, 15) is 4.39 Å². The van der Waals surface area contributed by atoms with Crippen LogP contribution in [0.3, 0.4) is 0 Å². The fourth-order valence-electron chi connectivity index (χ4n) is 5.22. The van der Waals surface area contributed by atoms with Crippen LogP contribution < -0.4 is 9.47 Å². The maximum absolute atomic E-state index is 14.7. The molecule has 4 rings (SSSR count). The lowest BCUT2D eigenvalue weighted by Gasteiger charge is -2.37. The summed E-state index contributed by atoms with van der Waals surface area (Å²) in [6.45, 7) is 2.33. The van der Waals surface area contributed by atoms with Gasteiger partial charge in [-0.15, -0.1) is 0 Å². The number of hydrogen-bond donors (Lipinski definition) is 0. The Balaban J connectivity index is 1.43.